The number of morpholine rings is 1. The number of aryl methyl sites for hydroxylation is 1. The lowest BCUT2D eigenvalue weighted by molar-refractivity contribution is 0.00496. The number of aromatic amines is 1. The molecular weight excluding hydrogens is 350 g/mol. The van der Waals surface area contributed by atoms with Crippen molar-refractivity contribution >= 4 is 11.0 Å². The van der Waals surface area contributed by atoms with Crippen LogP contribution in [0.2, 0.25) is 0 Å². The van der Waals surface area contributed by atoms with Gasteiger partial charge in [0.1, 0.15) is 5.65 Å². The third-order valence-corrected chi connectivity index (χ3v) is 6.51. The molecule has 148 valence electrons. The van der Waals surface area contributed by atoms with Crippen molar-refractivity contribution in [2.75, 3.05) is 26.3 Å². The number of nitrogens with one attached hydrogen (secondary N) is 1. The third kappa shape index (κ3) is 3.59. The highest BCUT2D eigenvalue weighted by Gasteiger charge is 2.27. The summed E-state index contributed by atoms with van der Waals surface area (Å²) in [6, 6.07) is 3.09. The third-order valence-electron chi connectivity index (χ3n) is 6.51. The summed E-state index contributed by atoms with van der Waals surface area (Å²) in [5.74, 6) is 0.775. The van der Waals surface area contributed by atoms with Gasteiger partial charge in [0.15, 0.2) is 0 Å². The van der Waals surface area contributed by atoms with Crippen LogP contribution in [0.15, 0.2) is 30.9 Å². The van der Waals surface area contributed by atoms with Gasteiger partial charge in [-0.1, -0.05) is 0 Å². The van der Waals surface area contributed by atoms with Crippen LogP contribution >= 0.6 is 0 Å². The van der Waals surface area contributed by atoms with Crippen LogP contribution in [0.3, 0.4) is 0 Å². The van der Waals surface area contributed by atoms with Crippen LogP contribution in [0.4, 0.5) is 0 Å². The highest BCUT2D eigenvalue weighted by Crippen LogP contribution is 2.32. The zero-order chi connectivity index (χ0) is 18.9. The molecule has 2 fully saturated rings. The minimum Gasteiger partial charge on any atom is -0.379 e. The fraction of sp³-hybridized carbons (Fsp3) is 0.545. The number of pyridine rings is 1. The molecule has 28 heavy (non-hydrogen) atoms. The number of H-pyrrole nitrogens is 1. The SMILES string of the molecule is Cn1cc(-c2c[nH]c3ncc(CC4CCC(N5CCOCC5)CC4)cc23)cn1. The molecule has 6 nitrogen and oxygen atoms in total. The number of aromatic nitrogens is 4. The summed E-state index contributed by atoms with van der Waals surface area (Å²) >= 11 is 0. The van der Waals surface area contributed by atoms with Gasteiger partial charge >= 0.3 is 0 Å². The number of hydrogen-bond donors (Lipinski definition) is 1. The molecule has 0 aromatic carbocycles. The maximum atomic E-state index is 5.51. The van der Waals surface area contributed by atoms with Gasteiger partial charge in [0.25, 0.3) is 0 Å². The summed E-state index contributed by atoms with van der Waals surface area (Å²) in [6.07, 6.45) is 14.5. The molecule has 1 aliphatic carbocycles. The Bertz CT molecular complexity index is 931. The van der Waals surface area contributed by atoms with Crippen molar-refractivity contribution in [2.45, 2.75) is 38.1 Å². The summed E-state index contributed by atoms with van der Waals surface area (Å²) in [6.45, 7) is 4.03. The molecule has 1 N–H and O–H groups in total. The Balaban J connectivity index is 1.27. The van der Waals surface area contributed by atoms with Crippen molar-refractivity contribution in [1.29, 1.82) is 0 Å². The first kappa shape index (κ1) is 17.9. The Morgan fingerprint density at radius 2 is 1.96 bits per heavy atom. The van der Waals surface area contributed by atoms with E-state index in [-0.39, 0.29) is 0 Å². The predicted octanol–water partition coefficient (Wildman–Crippen LogP) is 3.40. The lowest BCUT2D eigenvalue weighted by Crippen LogP contribution is -2.45. The van der Waals surface area contributed by atoms with Gasteiger partial charge in [-0.15, -0.1) is 0 Å². The lowest BCUT2D eigenvalue weighted by atomic mass is 9.82. The van der Waals surface area contributed by atoms with Gasteiger partial charge < -0.3 is 9.72 Å². The first-order valence-electron chi connectivity index (χ1n) is 10.5. The molecule has 0 amide bonds. The molecule has 0 radical (unpaired) electrons. The van der Waals surface area contributed by atoms with Crippen molar-refractivity contribution < 1.29 is 4.74 Å². The summed E-state index contributed by atoms with van der Waals surface area (Å²) in [4.78, 5) is 10.6. The Morgan fingerprint density at radius 3 is 2.71 bits per heavy atom. The standard InChI is InChI=1S/C22H29N5O/c1-26-15-18(13-25-26)21-14-24-22-20(21)11-17(12-23-22)10-16-2-4-19(5-3-16)27-6-8-28-9-7-27/h11-16,19H,2-10H2,1H3,(H,23,24). The number of nitrogens with zero attached hydrogens (tertiary/aromatic N) is 4. The lowest BCUT2D eigenvalue weighted by Gasteiger charge is -2.38. The van der Waals surface area contributed by atoms with Crippen molar-refractivity contribution in [3.05, 3.63) is 36.4 Å². The van der Waals surface area contributed by atoms with Gasteiger partial charge in [-0.25, -0.2) is 4.98 Å². The number of hydrogen-bond acceptors (Lipinski definition) is 4. The van der Waals surface area contributed by atoms with Crippen molar-refractivity contribution in [1.82, 2.24) is 24.6 Å². The van der Waals surface area contributed by atoms with Gasteiger partial charge in [-0.2, -0.15) is 5.10 Å². The molecule has 6 heteroatoms. The van der Waals surface area contributed by atoms with E-state index in [1.54, 1.807) is 0 Å². The van der Waals surface area contributed by atoms with E-state index in [0.29, 0.717) is 0 Å². The number of ether oxygens (including phenoxy) is 1. The average molecular weight is 380 g/mol. The molecule has 1 aliphatic heterocycles. The van der Waals surface area contributed by atoms with E-state index in [2.05, 4.69) is 38.4 Å². The van der Waals surface area contributed by atoms with Gasteiger partial charge in [-0.05, 0) is 49.7 Å². The second-order valence-corrected chi connectivity index (χ2v) is 8.37. The molecule has 3 aromatic heterocycles. The Morgan fingerprint density at radius 1 is 1.14 bits per heavy atom. The Labute approximate surface area is 165 Å². The van der Waals surface area contributed by atoms with Crippen LogP contribution < -0.4 is 0 Å². The van der Waals surface area contributed by atoms with E-state index >= 15 is 0 Å². The van der Waals surface area contributed by atoms with Crippen molar-refractivity contribution in [3.63, 3.8) is 0 Å². The molecule has 4 heterocycles. The highest BCUT2D eigenvalue weighted by atomic mass is 16.5. The molecule has 2 aliphatic rings. The maximum absolute atomic E-state index is 5.51. The molecular formula is C22H29N5O. The number of rotatable bonds is 4. The van der Waals surface area contributed by atoms with Gasteiger partial charge in [-0.3, -0.25) is 9.58 Å². The van der Waals surface area contributed by atoms with Crippen LogP contribution in [0.5, 0.6) is 0 Å². The molecule has 0 spiro atoms. The molecule has 3 aromatic rings. The normalized spacial score (nSPS) is 24.0. The van der Waals surface area contributed by atoms with E-state index < -0.39 is 0 Å². The second-order valence-electron chi connectivity index (χ2n) is 8.37. The van der Waals surface area contributed by atoms with Gasteiger partial charge in [0, 0.05) is 61.3 Å². The second kappa shape index (κ2) is 7.68. The van der Waals surface area contributed by atoms with E-state index in [0.717, 1.165) is 55.9 Å². The monoisotopic (exact) mass is 379 g/mol. The highest BCUT2D eigenvalue weighted by molar-refractivity contribution is 5.93. The van der Waals surface area contributed by atoms with Gasteiger partial charge in [0.2, 0.25) is 0 Å². The van der Waals surface area contributed by atoms with E-state index in [9.17, 15) is 0 Å². The largest absolute Gasteiger partial charge is 0.379 e. The smallest absolute Gasteiger partial charge is 0.137 e. The molecule has 1 saturated carbocycles. The number of fused-ring (bicyclic) bond motifs is 1. The first-order chi connectivity index (χ1) is 13.8. The van der Waals surface area contributed by atoms with E-state index in [1.807, 2.05) is 24.1 Å². The summed E-state index contributed by atoms with van der Waals surface area (Å²) in [5, 5.41) is 5.51. The first-order valence-corrected chi connectivity index (χ1v) is 10.5. The zero-order valence-electron chi connectivity index (χ0n) is 16.6. The minimum atomic E-state index is 0.766. The van der Waals surface area contributed by atoms with Gasteiger partial charge in [0.05, 0.1) is 19.4 Å². The summed E-state index contributed by atoms with van der Waals surface area (Å²) < 4.78 is 7.35. The zero-order valence-corrected chi connectivity index (χ0v) is 16.6. The fourth-order valence-corrected chi connectivity index (χ4v) is 4.95. The molecule has 0 atom stereocenters. The average Bonchev–Trinajstić information content (AvgIpc) is 3.35. The summed E-state index contributed by atoms with van der Waals surface area (Å²) in [7, 11) is 1.95. The maximum Gasteiger partial charge on any atom is 0.137 e. The predicted molar refractivity (Wildman–Crippen MR) is 110 cm³/mol. The van der Waals surface area contributed by atoms with Crippen LogP contribution in [-0.2, 0) is 18.2 Å². The van der Waals surface area contributed by atoms with Crippen LogP contribution in [0, 0.1) is 5.92 Å². The fourth-order valence-electron chi connectivity index (χ4n) is 4.95. The van der Waals surface area contributed by atoms with E-state index in [1.165, 1.54) is 42.2 Å². The van der Waals surface area contributed by atoms with Crippen molar-refractivity contribution in [2.24, 2.45) is 13.0 Å². The molecule has 5 rings (SSSR count). The molecule has 1 saturated heterocycles. The molecule has 0 bridgehead atoms. The van der Waals surface area contributed by atoms with Crippen LogP contribution in [0.1, 0.15) is 31.2 Å². The Hall–Kier alpha value is -2.18. The quantitative estimate of drug-likeness (QED) is 0.755. The van der Waals surface area contributed by atoms with E-state index in [4.69, 9.17) is 4.74 Å². The molecule has 0 unspecified atom stereocenters. The summed E-state index contributed by atoms with van der Waals surface area (Å²) in [5.41, 5.74) is 4.64. The van der Waals surface area contributed by atoms with Crippen LogP contribution in [0.25, 0.3) is 22.2 Å². The minimum absolute atomic E-state index is 0.766. The van der Waals surface area contributed by atoms with Crippen LogP contribution in [-0.4, -0.2) is 57.0 Å². The topological polar surface area (TPSA) is 59.0 Å². The Kier molecular flexibility index (Phi) is 4.91. The van der Waals surface area contributed by atoms with Crippen molar-refractivity contribution in [3.8, 4) is 11.1 Å².